The normalized spacial score (nSPS) is 12.9. The number of hydrogen-bond acceptors (Lipinski definition) is 4. The molecule has 4 nitrogen and oxygen atoms in total. The molecule has 0 radical (unpaired) electrons. The van der Waals surface area contributed by atoms with E-state index >= 15 is 0 Å². The first-order valence-corrected chi connectivity index (χ1v) is 6.72. The van der Waals surface area contributed by atoms with Gasteiger partial charge in [-0.2, -0.15) is 5.10 Å². The molecule has 0 spiro atoms. The summed E-state index contributed by atoms with van der Waals surface area (Å²) in [5.74, 6) is 0. The Balaban J connectivity index is 2.16. The molecule has 2 aromatic heterocycles. The number of nitrogens with zero attached hydrogens (tertiary/aromatic N) is 3. The van der Waals surface area contributed by atoms with Crippen molar-refractivity contribution in [2.24, 2.45) is 0 Å². The third-order valence-corrected chi connectivity index (χ3v) is 3.79. The second kappa shape index (κ2) is 5.42. The molecule has 0 aliphatic rings. The van der Waals surface area contributed by atoms with Crippen LogP contribution in [0.25, 0.3) is 0 Å². The van der Waals surface area contributed by atoms with Gasteiger partial charge in [-0.25, -0.2) is 4.98 Å². The highest BCUT2D eigenvalue weighted by molar-refractivity contribution is 7.09. The Bertz CT molecular complexity index is 474. The van der Waals surface area contributed by atoms with Crippen molar-refractivity contribution < 1.29 is 0 Å². The monoisotopic (exact) mass is 250 g/mol. The predicted octanol–water partition coefficient (Wildman–Crippen LogP) is 2.17. The van der Waals surface area contributed by atoms with Gasteiger partial charge in [0, 0.05) is 30.2 Å². The molecule has 0 amide bonds. The van der Waals surface area contributed by atoms with Gasteiger partial charge < -0.3 is 5.32 Å². The molecule has 2 aromatic rings. The number of nitrogens with one attached hydrogen (secondary N) is 1. The highest BCUT2D eigenvalue weighted by Crippen LogP contribution is 2.20. The fourth-order valence-corrected chi connectivity index (χ4v) is 2.75. The average molecular weight is 250 g/mol. The Morgan fingerprint density at radius 2 is 2.35 bits per heavy atom. The average Bonchev–Trinajstić information content (AvgIpc) is 2.94. The zero-order chi connectivity index (χ0) is 12.3. The van der Waals surface area contributed by atoms with Crippen molar-refractivity contribution in [3.8, 4) is 0 Å². The van der Waals surface area contributed by atoms with Crippen LogP contribution in [0.1, 0.15) is 29.4 Å². The number of hydrogen-bond donors (Lipinski definition) is 1. The Kier molecular flexibility index (Phi) is 3.91. The van der Waals surface area contributed by atoms with Gasteiger partial charge in [0.2, 0.25) is 0 Å². The summed E-state index contributed by atoms with van der Waals surface area (Å²) in [5.41, 5.74) is 2.33. The molecule has 2 heterocycles. The molecule has 17 heavy (non-hydrogen) atoms. The minimum absolute atomic E-state index is 0.281. The third-order valence-electron chi connectivity index (χ3n) is 2.80. The molecule has 0 aromatic carbocycles. The van der Waals surface area contributed by atoms with Gasteiger partial charge in [0.1, 0.15) is 0 Å². The van der Waals surface area contributed by atoms with Crippen molar-refractivity contribution in [2.75, 3.05) is 7.05 Å². The van der Waals surface area contributed by atoms with Crippen LogP contribution in [0, 0.1) is 6.92 Å². The van der Waals surface area contributed by atoms with E-state index in [2.05, 4.69) is 33.8 Å². The summed E-state index contributed by atoms with van der Waals surface area (Å²) in [6.45, 7) is 5.04. The molecule has 0 saturated heterocycles. The van der Waals surface area contributed by atoms with Crippen molar-refractivity contribution >= 4 is 11.3 Å². The van der Waals surface area contributed by atoms with Gasteiger partial charge in [-0.05, 0) is 27.0 Å². The first-order chi connectivity index (χ1) is 8.24. The summed E-state index contributed by atoms with van der Waals surface area (Å²) >= 11 is 1.72. The van der Waals surface area contributed by atoms with E-state index in [1.54, 1.807) is 11.3 Å². The molecule has 92 valence electrons. The van der Waals surface area contributed by atoms with E-state index in [0.29, 0.717) is 0 Å². The van der Waals surface area contributed by atoms with E-state index in [1.165, 1.54) is 10.7 Å². The number of aromatic nitrogens is 3. The van der Waals surface area contributed by atoms with Gasteiger partial charge in [0.25, 0.3) is 0 Å². The van der Waals surface area contributed by atoms with Crippen LogP contribution in [0.4, 0.5) is 0 Å². The van der Waals surface area contributed by atoms with E-state index in [0.717, 1.165) is 18.7 Å². The summed E-state index contributed by atoms with van der Waals surface area (Å²) in [6.07, 6.45) is 2.77. The number of likely N-dealkylation sites (N-methyl/N-ethyl adjacent to an activating group) is 1. The van der Waals surface area contributed by atoms with Crippen LogP contribution in [-0.2, 0) is 13.0 Å². The van der Waals surface area contributed by atoms with Gasteiger partial charge in [0.15, 0.2) is 0 Å². The quantitative estimate of drug-likeness (QED) is 0.884. The highest BCUT2D eigenvalue weighted by Gasteiger charge is 2.15. The summed E-state index contributed by atoms with van der Waals surface area (Å²) < 4.78 is 2.03. The molecule has 0 aliphatic carbocycles. The van der Waals surface area contributed by atoms with E-state index < -0.39 is 0 Å². The topological polar surface area (TPSA) is 42.7 Å². The van der Waals surface area contributed by atoms with Crippen molar-refractivity contribution in [3.63, 3.8) is 0 Å². The zero-order valence-corrected chi connectivity index (χ0v) is 11.3. The van der Waals surface area contributed by atoms with Gasteiger partial charge in [0.05, 0.1) is 16.7 Å². The minimum atomic E-state index is 0.281. The van der Waals surface area contributed by atoms with Crippen LogP contribution >= 0.6 is 11.3 Å². The highest BCUT2D eigenvalue weighted by atomic mass is 32.1. The van der Waals surface area contributed by atoms with Crippen LogP contribution in [0.5, 0.6) is 0 Å². The van der Waals surface area contributed by atoms with E-state index in [1.807, 2.05) is 24.9 Å². The zero-order valence-electron chi connectivity index (χ0n) is 10.5. The Morgan fingerprint density at radius 3 is 2.94 bits per heavy atom. The largest absolute Gasteiger partial charge is 0.311 e. The first kappa shape index (κ1) is 12.3. The van der Waals surface area contributed by atoms with Gasteiger partial charge in [-0.1, -0.05) is 0 Å². The molecule has 0 fully saturated rings. The summed E-state index contributed by atoms with van der Waals surface area (Å²) in [7, 11) is 1.98. The van der Waals surface area contributed by atoms with Crippen molar-refractivity contribution in [1.82, 2.24) is 20.1 Å². The maximum atomic E-state index is 4.51. The van der Waals surface area contributed by atoms with Gasteiger partial charge >= 0.3 is 0 Å². The smallest absolute Gasteiger partial charge is 0.0947 e. The fourth-order valence-electron chi connectivity index (χ4n) is 1.93. The Labute approximate surface area is 106 Å². The van der Waals surface area contributed by atoms with Crippen molar-refractivity contribution in [2.45, 2.75) is 32.9 Å². The molecule has 1 unspecified atom stereocenters. The second-order valence-corrected chi connectivity index (χ2v) is 4.94. The van der Waals surface area contributed by atoms with Crippen LogP contribution in [0.15, 0.2) is 17.6 Å². The lowest BCUT2D eigenvalue weighted by atomic mass is 10.1. The minimum Gasteiger partial charge on any atom is -0.311 e. The molecule has 0 bridgehead atoms. The van der Waals surface area contributed by atoms with Gasteiger partial charge in [-0.15, -0.1) is 11.3 Å². The number of rotatable bonds is 5. The fraction of sp³-hybridized carbons (Fsp3) is 0.500. The van der Waals surface area contributed by atoms with Crippen LogP contribution in [0.3, 0.4) is 0 Å². The Morgan fingerprint density at radius 1 is 1.53 bits per heavy atom. The molecular weight excluding hydrogens is 232 g/mol. The lowest BCUT2D eigenvalue weighted by molar-refractivity contribution is 0.512. The lowest BCUT2D eigenvalue weighted by Gasteiger charge is -2.16. The number of aryl methyl sites for hydroxylation is 2. The maximum Gasteiger partial charge on any atom is 0.0947 e. The summed E-state index contributed by atoms with van der Waals surface area (Å²) in [5, 5.41) is 10.9. The van der Waals surface area contributed by atoms with E-state index in [9.17, 15) is 0 Å². The Hall–Kier alpha value is -1.20. The first-order valence-electron chi connectivity index (χ1n) is 5.84. The third kappa shape index (κ3) is 2.73. The summed E-state index contributed by atoms with van der Waals surface area (Å²) in [4.78, 5) is 4.51. The molecule has 0 saturated carbocycles. The second-order valence-electron chi connectivity index (χ2n) is 4.00. The van der Waals surface area contributed by atoms with Crippen LogP contribution in [0.2, 0.25) is 0 Å². The van der Waals surface area contributed by atoms with E-state index in [-0.39, 0.29) is 6.04 Å². The van der Waals surface area contributed by atoms with Crippen LogP contribution < -0.4 is 5.32 Å². The van der Waals surface area contributed by atoms with Crippen LogP contribution in [-0.4, -0.2) is 21.8 Å². The number of thiazole rings is 1. The molecule has 0 aliphatic heterocycles. The summed E-state index contributed by atoms with van der Waals surface area (Å²) in [6, 6.07) is 2.36. The van der Waals surface area contributed by atoms with Gasteiger partial charge in [-0.3, -0.25) is 4.68 Å². The molecular formula is C12H18N4S. The maximum absolute atomic E-state index is 4.51. The standard InChI is InChI=1S/C12H18N4S/c1-4-16-11(5-6-14-16)10(13-3)7-12-15-9(2)8-17-12/h5-6,8,10,13H,4,7H2,1-3H3. The van der Waals surface area contributed by atoms with Crippen molar-refractivity contribution in [3.05, 3.63) is 34.0 Å². The lowest BCUT2D eigenvalue weighted by Crippen LogP contribution is -2.22. The SMILES string of the molecule is CCn1nccc1C(Cc1nc(C)cs1)NC. The molecule has 5 heteroatoms. The molecule has 1 atom stereocenters. The predicted molar refractivity (Wildman–Crippen MR) is 70.3 cm³/mol. The van der Waals surface area contributed by atoms with Crippen molar-refractivity contribution in [1.29, 1.82) is 0 Å². The van der Waals surface area contributed by atoms with E-state index in [4.69, 9.17) is 0 Å². The molecule has 2 rings (SSSR count). The molecule has 1 N–H and O–H groups in total.